The van der Waals surface area contributed by atoms with E-state index in [1.54, 1.807) is 39.2 Å². The fourth-order valence-corrected chi connectivity index (χ4v) is 3.31. The standard InChI is InChI=1S/C22H23NO4/c1-13(2)20(24)18-19(15-8-10-17(27-4)11-9-15)23(22(26)21(18)25)16-7-5-6-14(3)12-16/h5-13,19,25H,1-4H3. The summed E-state index contributed by atoms with van der Waals surface area (Å²) in [6.45, 7) is 5.45. The second-order valence-electron chi connectivity index (χ2n) is 6.97. The van der Waals surface area contributed by atoms with Crippen LogP contribution >= 0.6 is 0 Å². The highest BCUT2D eigenvalue weighted by atomic mass is 16.5. The molecule has 2 aromatic carbocycles. The molecule has 0 fully saturated rings. The number of hydrogen-bond acceptors (Lipinski definition) is 4. The lowest BCUT2D eigenvalue weighted by Gasteiger charge is -2.27. The van der Waals surface area contributed by atoms with E-state index >= 15 is 0 Å². The molecule has 1 amide bonds. The number of aliphatic hydroxyl groups excluding tert-OH is 1. The van der Waals surface area contributed by atoms with Gasteiger partial charge >= 0.3 is 0 Å². The third kappa shape index (κ3) is 3.33. The Morgan fingerprint density at radius 3 is 2.37 bits per heavy atom. The second-order valence-corrected chi connectivity index (χ2v) is 6.97. The van der Waals surface area contributed by atoms with Crippen molar-refractivity contribution in [2.75, 3.05) is 12.0 Å². The number of aryl methyl sites for hydroxylation is 1. The van der Waals surface area contributed by atoms with Gasteiger partial charge in [0.1, 0.15) is 5.75 Å². The van der Waals surface area contributed by atoms with Gasteiger partial charge in [0.05, 0.1) is 18.7 Å². The zero-order valence-corrected chi connectivity index (χ0v) is 15.9. The first kappa shape index (κ1) is 18.7. The molecule has 1 aliphatic heterocycles. The van der Waals surface area contributed by atoms with Crippen LogP contribution in [0.1, 0.15) is 31.0 Å². The maximum Gasteiger partial charge on any atom is 0.294 e. The third-order valence-electron chi connectivity index (χ3n) is 4.71. The fraction of sp³-hybridized carbons (Fsp3) is 0.273. The van der Waals surface area contributed by atoms with Crippen molar-refractivity contribution in [3.05, 3.63) is 71.0 Å². The van der Waals surface area contributed by atoms with E-state index in [-0.39, 0.29) is 17.3 Å². The Kier molecular flexibility index (Phi) is 5.04. The van der Waals surface area contributed by atoms with Crippen LogP contribution < -0.4 is 9.64 Å². The summed E-state index contributed by atoms with van der Waals surface area (Å²) in [7, 11) is 1.58. The van der Waals surface area contributed by atoms with E-state index in [9.17, 15) is 14.7 Å². The Morgan fingerprint density at radius 1 is 1.15 bits per heavy atom. The molecule has 0 saturated carbocycles. The molecular weight excluding hydrogens is 342 g/mol. The van der Waals surface area contributed by atoms with Crippen molar-refractivity contribution in [2.45, 2.75) is 26.8 Å². The van der Waals surface area contributed by atoms with Crippen LogP contribution in [0, 0.1) is 12.8 Å². The summed E-state index contributed by atoms with van der Waals surface area (Å²) in [5.74, 6) is -0.943. The maximum atomic E-state index is 12.9. The molecule has 0 aromatic heterocycles. The number of benzene rings is 2. The summed E-state index contributed by atoms with van der Waals surface area (Å²) in [5, 5.41) is 10.6. The molecule has 0 spiro atoms. The molecule has 0 radical (unpaired) electrons. The molecule has 2 aromatic rings. The Morgan fingerprint density at radius 2 is 1.81 bits per heavy atom. The average molecular weight is 365 g/mol. The number of ketones is 1. The number of anilines is 1. The van der Waals surface area contributed by atoms with Crippen LogP contribution in [0.2, 0.25) is 0 Å². The molecule has 1 aliphatic rings. The molecule has 0 aliphatic carbocycles. The van der Waals surface area contributed by atoms with Gasteiger partial charge in [-0.25, -0.2) is 0 Å². The number of rotatable bonds is 5. The van der Waals surface area contributed by atoms with E-state index in [2.05, 4.69) is 0 Å². The fourth-order valence-electron chi connectivity index (χ4n) is 3.31. The Labute approximate surface area is 158 Å². The van der Waals surface area contributed by atoms with Crippen LogP contribution in [0.25, 0.3) is 0 Å². The van der Waals surface area contributed by atoms with Crippen LogP contribution in [0.4, 0.5) is 5.69 Å². The van der Waals surface area contributed by atoms with Crippen LogP contribution in [0.3, 0.4) is 0 Å². The summed E-state index contributed by atoms with van der Waals surface area (Å²) >= 11 is 0. The number of amides is 1. The Bertz CT molecular complexity index is 912. The molecule has 0 bridgehead atoms. The summed E-state index contributed by atoms with van der Waals surface area (Å²) < 4.78 is 5.20. The monoisotopic (exact) mass is 365 g/mol. The molecule has 1 N–H and O–H groups in total. The number of carbonyl (C=O) groups is 2. The van der Waals surface area contributed by atoms with Gasteiger partial charge in [-0.3, -0.25) is 14.5 Å². The quantitative estimate of drug-likeness (QED) is 0.865. The van der Waals surface area contributed by atoms with Gasteiger partial charge in [0.25, 0.3) is 5.91 Å². The normalized spacial score (nSPS) is 17.0. The van der Waals surface area contributed by atoms with Crippen molar-refractivity contribution in [3.63, 3.8) is 0 Å². The van der Waals surface area contributed by atoms with Gasteiger partial charge in [-0.15, -0.1) is 0 Å². The number of hydrogen-bond donors (Lipinski definition) is 1. The van der Waals surface area contributed by atoms with Crippen LogP contribution in [-0.2, 0) is 9.59 Å². The van der Waals surface area contributed by atoms with E-state index in [1.807, 2.05) is 37.3 Å². The predicted octanol–water partition coefficient (Wildman–Crippen LogP) is 4.13. The second kappa shape index (κ2) is 7.27. The number of aliphatic hydroxyl groups is 1. The SMILES string of the molecule is COc1ccc(C2C(C(=O)C(C)C)=C(O)C(=O)N2c2cccc(C)c2)cc1. The topological polar surface area (TPSA) is 66.8 Å². The zero-order chi connectivity index (χ0) is 19.7. The minimum absolute atomic E-state index is 0.140. The molecule has 1 atom stereocenters. The number of Topliss-reactive ketones (excluding diaryl/α,β-unsaturated/α-hetero) is 1. The Hall–Kier alpha value is -3.08. The molecule has 5 heteroatoms. The summed E-state index contributed by atoms with van der Waals surface area (Å²) in [6, 6.07) is 13.9. The predicted molar refractivity (Wildman–Crippen MR) is 104 cm³/mol. The lowest BCUT2D eigenvalue weighted by Crippen LogP contribution is -2.31. The smallest absolute Gasteiger partial charge is 0.294 e. The maximum absolute atomic E-state index is 12.9. The van der Waals surface area contributed by atoms with Crippen LogP contribution in [0.15, 0.2) is 59.9 Å². The number of carbonyl (C=O) groups excluding carboxylic acids is 2. The van der Waals surface area contributed by atoms with E-state index in [1.165, 1.54) is 4.90 Å². The van der Waals surface area contributed by atoms with Crippen molar-refractivity contribution in [1.82, 2.24) is 0 Å². The number of methoxy groups -OCH3 is 1. The largest absolute Gasteiger partial charge is 0.503 e. The first-order valence-electron chi connectivity index (χ1n) is 8.86. The summed E-state index contributed by atoms with van der Waals surface area (Å²) in [4.78, 5) is 27.2. The third-order valence-corrected chi connectivity index (χ3v) is 4.71. The molecular formula is C22H23NO4. The first-order valence-corrected chi connectivity index (χ1v) is 8.86. The number of ether oxygens (including phenoxy) is 1. The lowest BCUT2D eigenvalue weighted by atomic mass is 9.91. The molecule has 27 heavy (non-hydrogen) atoms. The minimum atomic E-state index is -0.680. The molecule has 0 saturated heterocycles. The van der Waals surface area contributed by atoms with E-state index in [0.29, 0.717) is 11.4 Å². The van der Waals surface area contributed by atoms with E-state index in [4.69, 9.17) is 4.74 Å². The van der Waals surface area contributed by atoms with Crippen LogP contribution in [0.5, 0.6) is 5.75 Å². The molecule has 140 valence electrons. The van der Waals surface area contributed by atoms with Gasteiger partial charge in [-0.1, -0.05) is 38.1 Å². The molecule has 1 unspecified atom stereocenters. The molecule has 3 rings (SSSR count). The van der Waals surface area contributed by atoms with E-state index < -0.39 is 17.7 Å². The van der Waals surface area contributed by atoms with Crippen molar-refractivity contribution in [2.24, 2.45) is 5.92 Å². The summed E-state index contributed by atoms with van der Waals surface area (Å²) in [6.07, 6.45) is 0. The van der Waals surface area contributed by atoms with Gasteiger partial charge in [0, 0.05) is 11.6 Å². The van der Waals surface area contributed by atoms with Crippen molar-refractivity contribution in [3.8, 4) is 5.75 Å². The van der Waals surface area contributed by atoms with E-state index in [0.717, 1.165) is 11.1 Å². The average Bonchev–Trinajstić information content (AvgIpc) is 2.92. The van der Waals surface area contributed by atoms with Crippen molar-refractivity contribution >= 4 is 17.4 Å². The van der Waals surface area contributed by atoms with Crippen LogP contribution in [-0.4, -0.2) is 23.9 Å². The highest BCUT2D eigenvalue weighted by molar-refractivity contribution is 6.16. The number of nitrogens with zero attached hydrogens (tertiary/aromatic N) is 1. The van der Waals surface area contributed by atoms with Crippen molar-refractivity contribution in [1.29, 1.82) is 0 Å². The van der Waals surface area contributed by atoms with Crippen molar-refractivity contribution < 1.29 is 19.4 Å². The van der Waals surface area contributed by atoms with Gasteiger partial charge in [-0.05, 0) is 42.3 Å². The lowest BCUT2D eigenvalue weighted by molar-refractivity contribution is -0.119. The Balaban J connectivity index is 2.17. The van der Waals surface area contributed by atoms with Gasteiger partial charge in [0.15, 0.2) is 11.5 Å². The summed E-state index contributed by atoms with van der Waals surface area (Å²) in [5.41, 5.74) is 2.50. The molecule has 5 nitrogen and oxygen atoms in total. The molecule has 1 heterocycles. The minimum Gasteiger partial charge on any atom is -0.503 e. The zero-order valence-electron chi connectivity index (χ0n) is 15.9. The highest BCUT2D eigenvalue weighted by Crippen LogP contribution is 2.42. The van der Waals surface area contributed by atoms with Gasteiger partial charge in [-0.2, -0.15) is 0 Å². The van der Waals surface area contributed by atoms with Gasteiger partial charge in [0.2, 0.25) is 0 Å². The van der Waals surface area contributed by atoms with Gasteiger partial charge < -0.3 is 9.84 Å². The highest BCUT2D eigenvalue weighted by Gasteiger charge is 2.44. The first-order chi connectivity index (χ1) is 12.8.